The van der Waals surface area contributed by atoms with E-state index in [9.17, 15) is 4.79 Å². The number of nitrogens with one attached hydrogen (secondary N) is 1. The molecule has 3 aromatic rings. The average molecular weight is 336 g/mol. The molecular formula is C19H20N4O2. The summed E-state index contributed by atoms with van der Waals surface area (Å²) >= 11 is 0. The van der Waals surface area contributed by atoms with Crippen LogP contribution in [-0.2, 0) is 11.3 Å². The first-order chi connectivity index (χ1) is 12.3. The number of amides is 1. The molecule has 2 aromatic heterocycles. The second-order valence-corrected chi connectivity index (χ2v) is 6.35. The summed E-state index contributed by atoms with van der Waals surface area (Å²) in [6.07, 6.45) is 5.66. The molecule has 1 aromatic carbocycles. The van der Waals surface area contributed by atoms with Crippen LogP contribution in [-0.4, -0.2) is 33.9 Å². The number of rotatable bonds is 4. The maximum atomic E-state index is 12.4. The van der Waals surface area contributed by atoms with Crippen molar-refractivity contribution in [2.45, 2.75) is 19.4 Å². The minimum atomic E-state index is -0.226. The van der Waals surface area contributed by atoms with Gasteiger partial charge in [0.1, 0.15) is 5.69 Å². The number of nitrogens with zero attached hydrogens (tertiary/aromatic N) is 3. The van der Waals surface area contributed by atoms with Gasteiger partial charge in [-0.1, -0.05) is 24.3 Å². The first-order valence-corrected chi connectivity index (χ1v) is 8.55. The normalized spacial score (nSPS) is 15.4. The first-order valence-electron chi connectivity index (χ1n) is 8.55. The first kappa shape index (κ1) is 15.8. The van der Waals surface area contributed by atoms with Crippen LogP contribution in [0, 0.1) is 5.92 Å². The molecular weight excluding hydrogens is 316 g/mol. The van der Waals surface area contributed by atoms with Crippen LogP contribution >= 0.6 is 0 Å². The van der Waals surface area contributed by atoms with Gasteiger partial charge in [-0.3, -0.25) is 9.48 Å². The fraction of sp³-hybridized carbons (Fsp3) is 0.316. The third-order valence-electron chi connectivity index (χ3n) is 4.51. The Bertz CT molecular complexity index is 884. The van der Waals surface area contributed by atoms with Crippen molar-refractivity contribution in [3.8, 4) is 0 Å². The summed E-state index contributed by atoms with van der Waals surface area (Å²) in [5.41, 5.74) is 1.90. The van der Waals surface area contributed by atoms with Gasteiger partial charge in [0.25, 0.3) is 5.91 Å². The van der Waals surface area contributed by atoms with Gasteiger partial charge in [0.15, 0.2) is 0 Å². The van der Waals surface area contributed by atoms with Crippen molar-refractivity contribution in [1.82, 2.24) is 14.8 Å². The standard InChI is InChI=1S/C19H20N4O2/c24-19(18-6-5-15-3-1-2-4-17(15)22-18)21-16-11-20-23(13-16)12-14-7-9-25-10-8-14/h1-6,11,13-14H,7-10,12H2,(H,21,24). The SMILES string of the molecule is O=C(Nc1cnn(CC2CCOCC2)c1)c1ccc2ccccc2n1. The Kier molecular flexibility index (Phi) is 4.43. The molecule has 0 unspecified atom stereocenters. The van der Waals surface area contributed by atoms with E-state index in [0.29, 0.717) is 17.3 Å². The van der Waals surface area contributed by atoms with Crippen molar-refractivity contribution in [2.75, 3.05) is 18.5 Å². The van der Waals surface area contributed by atoms with Gasteiger partial charge in [0, 0.05) is 31.3 Å². The lowest BCUT2D eigenvalue weighted by Gasteiger charge is -2.21. The molecule has 0 bridgehead atoms. The van der Waals surface area contributed by atoms with Crippen molar-refractivity contribution in [1.29, 1.82) is 0 Å². The molecule has 1 fully saturated rings. The van der Waals surface area contributed by atoms with E-state index in [1.165, 1.54) is 0 Å². The van der Waals surface area contributed by atoms with E-state index in [-0.39, 0.29) is 5.91 Å². The third kappa shape index (κ3) is 3.69. The molecule has 1 amide bonds. The largest absolute Gasteiger partial charge is 0.381 e. The molecule has 0 atom stereocenters. The topological polar surface area (TPSA) is 69.0 Å². The van der Waals surface area contributed by atoms with Gasteiger partial charge >= 0.3 is 0 Å². The fourth-order valence-corrected chi connectivity index (χ4v) is 3.11. The summed E-state index contributed by atoms with van der Waals surface area (Å²) in [5.74, 6) is 0.357. The quantitative estimate of drug-likeness (QED) is 0.795. The predicted molar refractivity (Wildman–Crippen MR) is 95.5 cm³/mol. The number of hydrogen-bond acceptors (Lipinski definition) is 4. The van der Waals surface area contributed by atoms with Gasteiger partial charge in [-0.2, -0.15) is 5.10 Å². The smallest absolute Gasteiger partial charge is 0.274 e. The minimum Gasteiger partial charge on any atom is -0.381 e. The van der Waals surface area contributed by atoms with Gasteiger partial charge in [0.05, 0.1) is 17.4 Å². The number of carbonyl (C=O) groups is 1. The summed E-state index contributed by atoms with van der Waals surface area (Å²) < 4.78 is 7.27. The molecule has 0 saturated carbocycles. The molecule has 3 heterocycles. The highest BCUT2D eigenvalue weighted by Gasteiger charge is 2.15. The van der Waals surface area contributed by atoms with E-state index in [1.807, 2.05) is 41.2 Å². The van der Waals surface area contributed by atoms with E-state index in [2.05, 4.69) is 15.4 Å². The molecule has 128 valence electrons. The van der Waals surface area contributed by atoms with Crippen LogP contribution in [0.3, 0.4) is 0 Å². The highest BCUT2D eigenvalue weighted by molar-refractivity contribution is 6.03. The van der Waals surface area contributed by atoms with Gasteiger partial charge in [0.2, 0.25) is 0 Å². The number of para-hydroxylation sites is 1. The molecule has 0 aliphatic carbocycles. The molecule has 1 N–H and O–H groups in total. The molecule has 0 radical (unpaired) electrons. The van der Waals surface area contributed by atoms with Crippen LogP contribution in [0.1, 0.15) is 23.3 Å². The number of anilines is 1. The Labute approximate surface area is 145 Å². The molecule has 1 saturated heterocycles. The van der Waals surface area contributed by atoms with Crippen LogP contribution in [0.15, 0.2) is 48.8 Å². The maximum absolute atomic E-state index is 12.4. The lowest BCUT2D eigenvalue weighted by atomic mass is 10.0. The van der Waals surface area contributed by atoms with Crippen molar-refractivity contribution in [3.05, 3.63) is 54.5 Å². The molecule has 25 heavy (non-hydrogen) atoms. The third-order valence-corrected chi connectivity index (χ3v) is 4.51. The Morgan fingerprint density at radius 3 is 2.92 bits per heavy atom. The van der Waals surface area contributed by atoms with Crippen molar-refractivity contribution >= 4 is 22.5 Å². The van der Waals surface area contributed by atoms with Crippen LogP contribution < -0.4 is 5.32 Å². The maximum Gasteiger partial charge on any atom is 0.274 e. The zero-order valence-corrected chi connectivity index (χ0v) is 13.9. The minimum absolute atomic E-state index is 0.226. The summed E-state index contributed by atoms with van der Waals surface area (Å²) in [4.78, 5) is 16.8. The number of fused-ring (bicyclic) bond motifs is 1. The number of aromatic nitrogens is 3. The highest BCUT2D eigenvalue weighted by atomic mass is 16.5. The number of carbonyl (C=O) groups excluding carboxylic acids is 1. The molecule has 1 aliphatic rings. The van der Waals surface area contributed by atoms with Crippen molar-refractivity contribution < 1.29 is 9.53 Å². The van der Waals surface area contributed by atoms with Gasteiger partial charge in [-0.25, -0.2) is 4.98 Å². The van der Waals surface area contributed by atoms with Crippen LogP contribution in [0.25, 0.3) is 10.9 Å². The number of ether oxygens (including phenoxy) is 1. The van der Waals surface area contributed by atoms with Crippen LogP contribution in [0.5, 0.6) is 0 Å². The predicted octanol–water partition coefficient (Wildman–Crippen LogP) is 3.11. The molecule has 0 spiro atoms. The fourth-order valence-electron chi connectivity index (χ4n) is 3.11. The van der Waals surface area contributed by atoms with Gasteiger partial charge < -0.3 is 10.1 Å². The number of pyridine rings is 1. The second-order valence-electron chi connectivity index (χ2n) is 6.35. The van der Waals surface area contributed by atoms with Crippen molar-refractivity contribution in [3.63, 3.8) is 0 Å². The molecule has 6 heteroatoms. The lowest BCUT2D eigenvalue weighted by molar-refractivity contribution is 0.0601. The molecule has 1 aliphatic heterocycles. The lowest BCUT2D eigenvalue weighted by Crippen LogP contribution is -2.20. The van der Waals surface area contributed by atoms with Gasteiger partial charge in [-0.15, -0.1) is 0 Å². The van der Waals surface area contributed by atoms with Crippen molar-refractivity contribution in [2.24, 2.45) is 5.92 Å². The summed E-state index contributed by atoms with van der Waals surface area (Å²) in [7, 11) is 0. The Morgan fingerprint density at radius 1 is 1.20 bits per heavy atom. The summed E-state index contributed by atoms with van der Waals surface area (Å²) in [6, 6.07) is 11.4. The Hall–Kier alpha value is -2.73. The van der Waals surface area contributed by atoms with Crippen LogP contribution in [0.4, 0.5) is 5.69 Å². The van der Waals surface area contributed by atoms with Crippen LogP contribution in [0.2, 0.25) is 0 Å². The van der Waals surface area contributed by atoms with E-state index in [4.69, 9.17) is 4.74 Å². The van der Waals surface area contributed by atoms with E-state index in [1.54, 1.807) is 12.3 Å². The second kappa shape index (κ2) is 7.03. The van der Waals surface area contributed by atoms with Gasteiger partial charge in [-0.05, 0) is 30.9 Å². The average Bonchev–Trinajstić information content (AvgIpc) is 3.09. The zero-order valence-electron chi connectivity index (χ0n) is 13.9. The number of hydrogen-bond donors (Lipinski definition) is 1. The molecule has 6 nitrogen and oxygen atoms in total. The highest BCUT2D eigenvalue weighted by Crippen LogP contribution is 2.18. The number of benzene rings is 1. The Morgan fingerprint density at radius 2 is 2.04 bits per heavy atom. The molecule has 4 rings (SSSR count). The monoisotopic (exact) mass is 336 g/mol. The summed E-state index contributed by atoms with van der Waals surface area (Å²) in [6.45, 7) is 2.50. The zero-order chi connectivity index (χ0) is 17.1. The van der Waals surface area contributed by atoms with E-state index >= 15 is 0 Å². The summed E-state index contributed by atoms with van der Waals surface area (Å²) in [5, 5.41) is 8.24. The van der Waals surface area contributed by atoms with E-state index in [0.717, 1.165) is 43.5 Å². The van der Waals surface area contributed by atoms with E-state index < -0.39 is 0 Å². The Balaban J connectivity index is 1.43.